The Kier molecular flexibility index (Phi) is 3.36. The molecule has 0 amide bonds. The average molecular weight is 160 g/mol. The molecule has 0 aliphatic heterocycles. The van der Waals surface area contributed by atoms with Gasteiger partial charge in [0.1, 0.15) is 0 Å². The van der Waals surface area contributed by atoms with Crippen LogP contribution in [0.25, 0.3) is 0 Å². The fourth-order valence-electron chi connectivity index (χ4n) is 0.514. The van der Waals surface area contributed by atoms with Crippen LogP contribution in [0.5, 0.6) is 0 Å². The van der Waals surface area contributed by atoms with Crippen molar-refractivity contribution in [2.75, 3.05) is 0 Å². The molecule has 0 aromatic carbocycles. The number of aromatic nitrogens is 1. The minimum atomic E-state index is 0. The molecule has 47 valence electrons. The van der Waals surface area contributed by atoms with Gasteiger partial charge < -0.3 is 5.21 Å². The maximum absolute atomic E-state index is 10.5. The molecule has 1 radical (unpaired) electrons. The van der Waals surface area contributed by atoms with E-state index < -0.39 is 0 Å². The summed E-state index contributed by atoms with van der Waals surface area (Å²) in [6.07, 6.45) is 1.48. The summed E-state index contributed by atoms with van der Waals surface area (Å²) in [5.74, 6) is 0. The number of pyridine rings is 1. The molecule has 0 atom stereocenters. The van der Waals surface area contributed by atoms with Gasteiger partial charge in [-0.05, 0) is 0 Å². The van der Waals surface area contributed by atoms with Crippen molar-refractivity contribution >= 4 is 0 Å². The summed E-state index contributed by atoms with van der Waals surface area (Å²) >= 11 is 0. The van der Waals surface area contributed by atoms with Crippen LogP contribution >= 0.6 is 0 Å². The van der Waals surface area contributed by atoms with Crippen LogP contribution in [0.15, 0.2) is 24.4 Å². The summed E-state index contributed by atoms with van der Waals surface area (Å²) < 4.78 is 0.833. The normalized spacial score (nSPS) is 8.11. The molecule has 0 saturated heterocycles. The van der Waals surface area contributed by atoms with Crippen LogP contribution in [-0.4, -0.2) is 0 Å². The smallest absolute Gasteiger partial charge is 0.189 e. The monoisotopic (exact) mass is 160 g/mol. The molecule has 0 bridgehead atoms. The molecular weight excluding hydrogens is 153 g/mol. The van der Waals surface area contributed by atoms with Gasteiger partial charge in [-0.3, -0.25) is 0 Å². The number of rotatable bonds is 0. The molecule has 3 heteroatoms. The third kappa shape index (κ3) is 2.08. The van der Waals surface area contributed by atoms with Crippen molar-refractivity contribution in [1.82, 2.24) is 0 Å². The molecule has 0 spiro atoms. The van der Waals surface area contributed by atoms with Crippen molar-refractivity contribution in [2.24, 2.45) is 0 Å². The molecule has 0 aliphatic carbocycles. The topological polar surface area (TPSA) is 26.9 Å². The minimum Gasteiger partial charge on any atom is -0.619 e. The van der Waals surface area contributed by atoms with Crippen LogP contribution in [-0.2, 0) is 18.6 Å². The Morgan fingerprint density at radius 1 is 1.44 bits per heavy atom. The molecule has 1 aromatic heterocycles. The zero-order valence-electron chi connectivity index (χ0n) is 5.11. The number of hydrogen-bond acceptors (Lipinski definition) is 1. The summed E-state index contributed by atoms with van der Waals surface area (Å²) in [6, 6.07) is 5.32. The van der Waals surface area contributed by atoms with Crippen LogP contribution in [0.1, 0.15) is 5.69 Å². The predicted molar refractivity (Wildman–Crippen MR) is 30.1 cm³/mol. The summed E-state index contributed by atoms with van der Waals surface area (Å²) in [5.41, 5.74) is 0.729. The van der Waals surface area contributed by atoms with Crippen LogP contribution in [0.2, 0.25) is 0 Å². The van der Waals surface area contributed by atoms with E-state index in [1.165, 1.54) is 6.20 Å². The van der Waals surface area contributed by atoms with Crippen molar-refractivity contribution in [3.63, 3.8) is 0 Å². The average Bonchev–Trinajstić information content (AvgIpc) is 1.77. The van der Waals surface area contributed by atoms with Gasteiger partial charge in [-0.25, -0.2) is 0 Å². The van der Waals surface area contributed by atoms with Gasteiger partial charge in [0.25, 0.3) is 0 Å². The van der Waals surface area contributed by atoms with Crippen molar-refractivity contribution in [3.05, 3.63) is 35.3 Å². The van der Waals surface area contributed by atoms with Crippen molar-refractivity contribution in [2.45, 2.75) is 6.92 Å². The first kappa shape index (κ1) is 8.53. The second-order valence-corrected chi connectivity index (χ2v) is 1.67. The van der Waals surface area contributed by atoms with E-state index in [2.05, 4.69) is 0 Å². The Morgan fingerprint density at radius 2 is 2.11 bits per heavy atom. The third-order valence-electron chi connectivity index (χ3n) is 1.02. The van der Waals surface area contributed by atoms with Crippen LogP contribution in [0.4, 0.5) is 0 Å². The van der Waals surface area contributed by atoms with Gasteiger partial charge in [0.2, 0.25) is 0 Å². The molecule has 1 heterocycles. The van der Waals surface area contributed by atoms with E-state index in [0.717, 1.165) is 10.4 Å². The largest absolute Gasteiger partial charge is 0.619 e. The number of nitrogens with zero attached hydrogens (tertiary/aromatic N) is 1. The van der Waals surface area contributed by atoms with E-state index in [-0.39, 0.29) is 18.6 Å². The summed E-state index contributed by atoms with van der Waals surface area (Å²) in [7, 11) is 0. The van der Waals surface area contributed by atoms with Gasteiger partial charge in [-0.15, -0.1) is 0 Å². The first-order valence-corrected chi connectivity index (χ1v) is 2.45. The third-order valence-corrected chi connectivity index (χ3v) is 1.02. The first-order chi connectivity index (χ1) is 3.80. The van der Waals surface area contributed by atoms with Gasteiger partial charge in [0, 0.05) is 37.6 Å². The summed E-state index contributed by atoms with van der Waals surface area (Å²) in [5, 5.41) is 10.5. The zero-order chi connectivity index (χ0) is 5.98. The fourth-order valence-corrected chi connectivity index (χ4v) is 0.514. The predicted octanol–water partition coefficient (Wildman–Crippen LogP) is 0.626. The second-order valence-electron chi connectivity index (χ2n) is 1.67. The number of hydrogen-bond donors (Lipinski definition) is 0. The zero-order valence-corrected chi connectivity index (χ0v) is 6.51. The van der Waals surface area contributed by atoms with E-state index in [0.29, 0.717) is 0 Å². The standard InChI is InChI=1S/C6H7NO.V/c1-6-4-2-3-5-7(6)8;/h2-5H,1H3;. The SMILES string of the molecule is Cc1cccc[n+]1[O-].[V]. The molecule has 9 heavy (non-hydrogen) atoms. The first-order valence-electron chi connectivity index (χ1n) is 2.45. The van der Waals surface area contributed by atoms with Crippen LogP contribution in [0.3, 0.4) is 0 Å². The Hall–Kier alpha value is -0.466. The Morgan fingerprint density at radius 3 is 2.44 bits per heavy atom. The molecule has 1 aromatic rings. The number of aryl methyl sites for hydroxylation is 1. The maximum atomic E-state index is 10.5. The Balaban J connectivity index is 0.000000640. The van der Waals surface area contributed by atoms with E-state index in [9.17, 15) is 5.21 Å². The molecule has 2 nitrogen and oxygen atoms in total. The molecule has 0 N–H and O–H groups in total. The molecule has 0 aliphatic rings. The van der Waals surface area contributed by atoms with Gasteiger partial charge in [-0.1, -0.05) is 6.07 Å². The van der Waals surface area contributed by atoms with Gasteiger partial charge in [0.05, 0.1) is 0 Å². The van der Waals surface area contributed by atoms with Gasteiger partial charge in [0.15, 0.2) is 11.9 Å². The molecule has 0 fully saturated rings. The molecule has 0 saturated carbocycles. The minimum absolute atomic E-state index is 0. The fraction of sp³-hybridized carbons (Fsp3) is 0.167. The van der Waals surface area contributed by atoms with Gasteiger partial charge >= 0.3 is 0 Å². The quantitative estimate of drug-likeness (QED) is 0.403. The molecule has 0 unspecified atom stereocenters. The second kappa shape index (κ2) is 3.54. The van der Waals surface area contributed by atoms with Crippen LogP contribution < -0.4 is 4.73 Å². The van der Waals surface area contributed by atoms with E-state index in [4.69, 9.17) is 0 Å². The molecular formula is C6H7NOV. The van der Waals surface area contributed by atoms with E-state index >= 15 is 0 Å². The van der Waals surface area contributed by atoms with Crippen molar-refractivity contribution in [3.8, 4) is 0 Å². The van der Waals surface area contributed by atoms with Crippen molar-refractivity contribution in [1.29, 1.82) is 0 Å². The Labute approximate surface area is 66.0 Å². The van der Waals surface area contributed by atoms with E-state index in [1.54, 1.807) is 19.1 Å². The van der Waals surface area contributed by atoms with Crippen LogP contribution in [0, 0.1) is 12.1 Å². The maximum Gasteiger partial charge on any atom is 0.189 e. The van der Waals surface area contributed by atoms with E-state index in [1.807, 2.05) is 6.07 Å². The van der Waals surface area contributed by atoms with Crippen molar-refractivity contribution < 1.29 is 23.3 Å². The van der Waals surface area contributed by atoms with Gasteiger partial charge in [-0.2, -0.15) is 4.73 Å². The summed E-state index contributed by atoms with van der Waals surface area (Å²) in [6.45, 7) is 1.77. The summed E-state index contributed by atoms with van der Waals surface area (Å²) in [4.78, 5) is 0. The Bertz CT molecular complexity index is 169. The molecule has 1 rings (SSSR count).